The number of rotatable bonds is 1. The van der Waals surface area contributed by atoms with Gasteiger partial charge in [0.1, 0.15) is 0 Å². The lowest BCUT2D eigenvalue weighted by atomic mass is 9.97. The summed E-state index contributed by atoms with van der Waals surface area (Å²) in [6, 6.07) is 0.430. The van der Waals surface area contributed by atoms with E-state index in [1.54, 1.807) is 0 Å². The zero-order valence-electron chi connectivity index (χ0n) is 6.25. The van der Waals surface area contributed by atoms with Gasteiger partial charge in [-0.3, -0.25) is 0 Å². The van der Waals surface area contributed by atoms with Crippen molar-refractivity contribution in [1.29, 1.82) is 0 Å². The minimum Gasteiger partial charge on any atom is -0.395 e. The molecule has 1 saturated heterocycles. The van der Waals surface area contributed by atoms with Crippen molar-refractivity contribution < 1.29 is 10.2 Å². The molecule has 10 heavy (non-hydrogen) atoms. The maximum absolute atomic E-state index is 9.23. The molecule has 0 spiro atoms. The second kappa shape index (κ2) is 3.32. The first-order valence-electron chi connectivity index (χ1n) is 3.77. The Morgan fingerprint density at radius 1 is 1.50 bits per heavy atom. The highest BCUT2D eigenvalue weighted by Crippen LogP contribution is 2.12. The molecule has 3 heteroatoms. The standard InChI is InChI=1S/C7H15NO2/c1-5-2-7(10)3-6(4-9)8-5/h5-10H,2-4H2,1H3. The van der Waals surface area contributed by atoms with E-state index in [0.29, 0.717) is 12.5 Å². The number of aliphatic hydroxyl groups is 2. The van der Waals surface area contributed by atoms with E-state index >= 15 is 0 Å². The molecular weight excluding hydrogens is 130 g/mol. The molecule has 0 aliphatic carbocycles. The monoisotopic (exact) mass is 145 g/mol. The van der Waals surface area contributed by atoms with Gasteiger partial charge in [-0.15, -0.1) is 0 Å². The van der Waals surface area contributed by atoms with Crippen LogP contribution in [0.15, 0.2) is 0 Å². The molecule has 3 N–H and O–H groups in total. The van der Waals surface area contributed by atoms with Crippen LogP contribution in [0.4, 0.5) is 0 Å². The average Bonchev–Trinajstić information content (AvgIpc) is 1.85. The van der Waals surface area contributed by atoms with Crippen LogP contribution in [0.1, 0.15) is 19.8 Å². The highest BCUT2D eigenvalue weighted by atomic mass is 16.3. The minimum atomic E-state index is -0.228. The van der Waals surface area contributed by atoms with Gasteiger partial charge in [0.05, 0.1) is 12.7 Å². The molecule has 0 aromatic rings. The van der Waals surface area contributed by atoms with Gasteiger partial charge >= 0.3 is 0 Å². The number of piperidine rings is 1. The molecule has 3 nitrogen and oxygen atoms in total. The van der Waals surface area contributed by atoms with Crippen molar-refractivity contribution in [2.45, 2.75) is 38.0 Å². The maximum Gasteiger partial charge on any atom is 0.0585 e. The lowest BCUT2D eigenvalue weighted by molar-refractivity contribution is 0.0777. The van der Waals surface area contributed by atoms with E-state index < -0.39 is 0 Å². The van der Waals surface area contributed by atoms with Crippen molar-refractivity contribution in [3.63, 3.8) is 0 Å². The summed E-state index contributed by atoms with van der Waals surface area (Å²) in [7, 11) is 0. The minimum absolute atomic E-state index is 0.0961. The Labute approximate surface area is 61.1 Å². The van der Waals surface area contributed by atoms with Gasteiger partial charge in [-0.25, -0.2) is 0 Å². The van der Waals surface area contributed by atoms with Crippen molar-refractivity contribution >= 4 is 0 Å². The summed E-state index contributed by atoms with van der Waals surface area (Å²) in [5, 5.41) is 21.2. The Morgan fingerprint density at radius 2 is 2.20 bits per heavy atom. The molecule has 0 aromatic carbocycles. The summed E-state index contributed by atoms with van der Waals surface area (Å²) in [5.74, 6) is 0. The van der Waals surface area contributed by atoms with Gasteiger partial charge in [-0.1, -0.05) is 0 Å². The Morgan fingerprint density at radius 3 is 2.70 bits per heavy atom. The van der Waals surface area contributed by atoms with E-state index in [1.807, 2.05) is 6.92 Å². The topological polar surface area (TPSA) is 52.5 Å². The predicted octanol–water partition coefficient (Wildman–Crippen LogP) is -0.520. The van der Waals surface area contributed by atoms with Gasteiger partial charge in [0.25, 0.3) is 0 Å². The number of nitrogens with one attached hydrogen (secondary N) is 1. The molecule has 3 unspecified atom stereocenters. The summed E-state index contributed by atoms with van der Waals surface area (Å²) in [4.78, 5) is 0. The third-order valence-corrected chi connectivity index (χ3v) is 1.92. The molecule has 1 heterocycles. The van der Waals surface area contributed by atoms with Crippen molar-refractivity contribution in [2.75, 3.05) is 6.61 Å². The summed E-state index contributed by atoms with van der Waals surface area (Å²) in [5.41, 5.74) is 0. The zero-order chi connectivity index (χ0) is 7.56. The van der Waals surface area contributed by atoms with Crippen LogP contribution in [0.3, 0.4) is 0 Å². The summed E-state index contributed by atoms with van der Waals surface area (Å²) in [6.07, 6.45) is 1.26. The lowest BCUT2D eigenvalue weighted by Crippen LogP contribution is -2.47. The van der Waals surface area contributed by atoms with E-state index in [0.717, 1.165) is 6.42 Å². The van der Waals surface area contributed by atoms with Crippen molar-refractivity contribution in [2.24, 2.45) is 0 Å². The second-order valence-corrected chi connectivity index (χ2v) is 3.07. The van der Waals surface area contributed by atoms with Crippen LogP contribution in [0.25, 0.3) is 0 Å². The highest BCUT2D eigenvalue weighted by Gasteiger charge is 2.23. The average molecular weight is 145 g/mol. The Balaban J connectivity index is 2.35. The highest BCUT2D eigenvalue weighted by molar-refractivity contribution is 4.82. The van der Waals surface area contributed by atoms with Crippen LogP contribution in [0.5, 0.6) is 0 Å². The fourth-order valence-electron chi connectivity index (χ4n) is 1.50. The quantitative estimate of drug-likeness (QED) is 0.465. The first-order valence-corrected chi connectivity index (χ1v) is 3.77. The fourth-order valence-corrected chi connectivity index (χ4v) is 1.50. The summed E-state index contributed by atoms with van der Waals surface area (Å²) >= 11 is 0. The van der Waals surface area contributed by atoms with Crippen molar-refractivity contribution in [3.05, 3.63) is 0 Å². The largest absolute Gasteiger partial charge is 0.395 e. The molecule has 0 saturated carbocycles. The zero-order valence-corrected chi connectivity index (χ0v) is 6.25. The number of aliphatic hydroxyl groups excluding tert-OH is 2. The first-order chi connectivity index (χ1) is 4.72. The van der Waals surface area contributed by atoms with Gasteiger partial charge in [0.15, 0.2) is 0 Å². The van der Waals surface area contributed by atoms with Crippen molar-refractivity contribution in [1.82, 2.24) is 5.32 Å². The molecule has 1 rings (SSSR count). The van der Waals surface area contributed by atoms with E-state index in [-0.39, 0.29) is 18.8 Å². The fraction of sp³-hybridized carbons (Fsp3) is 1.00. The van der Waals surface area contributed by atoms with Crippen LogP contribution < -0.4 is 5.32 Å². The SMILES string of the molecule is CC1CC(O)CC(CO)N1. The molecule has 0 radical (unpaired) electrons. The molecular formula is C7H15NO2. The third-order valence-electron chi connectivity index (χ3n) is 1.92. The van der Waals surface area contributed by atoms with Gasteiger partial charge in [-0.05, 0) is 19.8 Å². The molecule has 3 atom stereocenters. The normalized spacial score (nSPS) is 41.7. The van der Waals surface area contributed by atoms with E-state index in [4.69, 9.17) is 5.11 Å². The lowest BCUT2D eigenvalue weighted by Gasteiger charge is -2.30. The molecule has 1 fully saturated rings. The van der Waals surface area contributed by atoms with Gasteiger partial charge in [-0.2, -0.15) is 0 Å². The first kappa shape index (κ1) is 7.98. The smallest absolute Gasteiger partial charge is 0.0585 e. The van der Waals surface area contributed by atoms with E-state index in [9.17, 15) is 5.11 Å². The third kappa shape index (κ3) is 1.94. The molecule has 0 amide bonds. The molecule has 0 aromatic heterocycles. The van der Waals surface area contributed by atoms with Crippen LogP contribution in [0, 0.1) is 0 Å². The van der Waals surface area contributed by atoms with Gasteiger partial charge in [0, 0.05) is 12.1 Å². The van der Waals surface area contributed by atoms with Crippen LogP contribution in [0.2, 0.25) is 0 Å². The van der Waals surface area contributed by atoms with Crippen LogP contribution >= 0.6 is 0 Å². The Kier molecular flexibility index (Phi) is 2.65. The van der Waals surface area contributed by atoms with Crippen LogP contribution in [-0.2, 0) is 0 Å². The van der Waals surface area contributed by atoms with E-state index in [2.05, 4.69) is 5.32 Å². The molecule has 60 valence electrons. The number of hydrogen-bond donors (Lipinski definition) is 3. The Hall–Kier alpha value is -0.120. The second-order valence-electron chi connectivity index (χ2n) is 3.07. The number of hydrogen-bond acceptors (Lipinski definition) is 3. The predicted molar refractivity (Wildman–Crippen MR) is 38.7 cm³/mol. The van der Waals surface area contributed by atoms with Gasteiger partial charge < -0.3 is 15.5 Å². The van der Waals surface area contributed by atoms with Crippen LogP contribution in [-0.4, -0.2) is 35.0 Å². The molecule has 1 aliphatic heterocycles. The Bertz CT molecular complexity index is 97.8. The summed E-state index contributed by atoms with van der Waals surface area (Å²) in [6.45, 7) is 2.15. The summed E-state index contributed by atoms with van der Waals surface area (Å²) < 4.78 is 0. The van der Waals surface area contributed by atoms with E-state index in [1.165, 1.54) is 0 Å². The maximum atomic E-state index is 9.23. The van der Waals surface area contributed by atoms with Gasteiger partial charge in [0.2, 0.25) is 0 Å². The van der Waals surface area contributed by atoms with Crippen molar-refractivity contribution in [3.8, 4) is 0 Å². The molecule has 0 bridgehead atoms. The molecule has 1 aliphatic rings.